The second kappa shape index (κ2) is 11.8. The summed E-state index contributed by atoms with van der Waals surface area (Å²) < 4.78 is 7.11. The molecule has 8 heteroatoms. The Morgan fingerprint density at radius 3 is 2.44 bits per heavy atom. The Morgan fingerprint density at radius 1 is 1.08 bits per heavy atom. The Morgan fingerprint density at radius 2 is 1.81 bits per heavy atom. The molecule has 2 N–H and O–H groups in total. The summed E-state index contributed by atoms with van der Waals surface area (Å²) >= 11 is 0. The monoisotopic (exact) mass is 492 g/mol. The number of benzene rings is 1. The molecule has 1 saturated heterocycles. The van der Waals surface area contributed by atoms with Gasteiger partial charge in [-0.05, 0) is 49.9 Å². The highest BCUT2D eigenvalue weighted by molar-refractivity contribution is 5.80. The van der Waals surface area contributed by atoms with Gasteiger partial charge < -0.3 is 20.3 Å². The third kappa shape index (κ3) is 5.82. The molecule has 0 radical (unpaired) electrons. The molecule has 3 aromatic rings. The van der Waals surface area contributed by atoms with Crippen LogP contribution < -0.4 is 10.6 Å². The molecule has 1 unspecified atom stereocenters. The van der Waals surface area contributed by atoms with Crippen molar-refractivity contribution in [3.63, 3.8) is 0 Å². The van der Waals surface area contributed by atoms with E-state index in [2.05, 4.69) is 78.3 Å². The Labute approximate surface area is 214 Å². The van der Waals surface area contributed by atoms with Crippen LogP contribution in [-0.4, -0.2) is 84.0 Å². The second-order valence-electron chi connectivity index (χ2n) is 9.85. The summed E-state index contributed by atoms with van der Waals surface area (Å²) in [6.07, 6.45) is 3.71. The van der Waals surface area contributed by atoms with E-state index >= 15 is 0 Å². The van der Waals surface area contributed by atoms with Gasteiger partial charge in [-0.15, -0.1) is 0 Å². The zero-order valence-electron chi connectivity index (χ0n) is 22.1. The number of ether oxygens (including phenoxy) is 1. The van der Waals surface area contributed by atoms with E-state index in [0.29, 0.717) is 38.2 Å². The number of fused-ring (bicyclic) bond motifs is 1. The van der Waals surface area contributed by atoms with E-state index in [1.807, 2.05) is 17.6 Å². The summed E-state index contributed by atoms with van der Waals surface area (Å²) in [4.78, 5) is 18.6. The number of rotatable bonds is 9. The highest BCUT2D eigenvalue weighted by Gasteiger charge is 2.23. The summed E-state index contributed by atoms with van der Waals surface area (Å²) in [6, 6.07) is 13.7. The number of carbonyl (C=O) groups is 1. The van der Waals surface area contributed by atoms with Crippen LogP contribution in [0.15, 0.2) is 48.8 Å². The molecule has 1 amide bonds. The number of nitrogens with two attached hydrogens (primary N) is 1. The summed E-state index contributed by atoms with van der Waals surface area (Å²) in [5.74, 6) is 0.433. The van der Waals surface area contributed by atoms with E-state index in [-0.39, 0.29) is 6.09 Å². The third-order valence-corrected chi connectivity index (χ3v) is 7.10. The molecule has 1 aliphatic heterocycles. The van der Waals surface area contributed by atoms with Crippen molar-refractivity contribution in [2.75, 3.05) is 57.3 Å². The topological polar surface area (TPSA) is 79.3 Å². The first-order valence-electron chi connectivity index (χ1n) is 13.1. The normalized spacial score (nSPS) is 15.2. The van der Waals surface area contributed by atoms with Crippen molar-refractivity contribution in [2.24, 2.45) is 5.73 Å². The maximum atomic E-state index is 12.1. The van der Waals surface area contributed by atoms with Crippen molar-refractivity contribution in [2.45, 2.75) is 39.7 Å². The number of nitrogens with zero attached hydrogens (tertiary/aromatic N) is 5. The Hall–Kier alpha value is -3.10. The van der Waals surface area contributed by atoms with E-state index in [4.69, 9.17) is 10.5 Å². The molecule has 1 aromatic carbocycles. The van der Waals surface area contributed by atoms with Gasteiger partial charge in [0.25, 0.3) is 0 Å². The number of anilines is 1. The number of hydrogen-bond donors (Lipinski definition) is 1. The lowest BCUT2D eigenvalue weighted by molar-refractivity contribution is 0.105. The molecule has 0 spiro atoms. The highest BCUT2D eigenvalue weighted by Crippen LogP contribution is 2.30. The van der Waals surface area contributed by atoms with Crippen molar-refractivity contribution in [3.05, 3.63) is 54.4 Å². The third-order valence-electron chi connectivity index (χ3n) is 7.10. The van der Waals surface area contributed by atoms with Crippen LogP contribution >= 0.6 is 0 Å². The Bertz CT molecular complexity index is 1130. The van der Waals surface area contributed by atoms with Crippen molar-refractivity contribution in [1.29, 1.82) is 0 Å². The molecular formula is C28H40N6O2. The largest absolute Gasteiger partial charge is 0.450 e. The van der Waals surface area contributed by atoms with Gasteiger partial charge in [-0.2, -0.15) is 5.10 Å². The smallest absolute Gasteiger partial charge is 0.409 e. The van der Waals surface area contributed by atoms with Crippen molar-refractivity contribution in [1.82, 2.24) is 19.4 Å². The lowest BCUT2D eigenvalue weighted by atomic mass is 9.97. The van der Waals surface area contributed by atoms with Gasteiger partial charge in [-0.25, -0.2) is 9.31 Å². The van der Waals surface area contributed by atoms with Gasteiger partial charge in [0.2, 0.25) is 0 Å². The van der Waals surface area contributed by atoms with Gasteiger partial charge in [0.15, 0.2) is 0 Å². The van der Waals surface area contributed by atoms with Crippen LogP contribution in [-0.2, 0) is 4.74 Å². The van der Waals surface area contributed by atoms with Crippen LogP contribution in [0, 0.1) is 0 Å². The minimum atomic E-state index is -0.226. The predicted molar refractivity (Wildman–Crippen MR) is 146 cm³/mol. The number of aromatic nitrogens is 2. The van der Waals surface area contributed by atoms with Crippen LogP contribution in [0.4, 0.5) is 10.5 Å². The SMILES string of the molecule is CCOC(=O)N1CCN(c2ccnn3cc(-c4ccc(C(C)CN(CCN)C(C)C)cc4)cc23)CC1. The van der Waals surface area contributed by atoms with E-state index in [1.165, 1.54) is 11.1 Å². The summed E-state index contributed by atoms with van der Waals surface area (Å²) in [7, 11) is 0. The fraction of sp³-hybridized carbons (Fsp3) is 0.500. The van der Waals surface area contributed by atoms with Gasteiger partial charge in [0.1, 0.15) is 0 Å². The molecule has 36 heavy (non-hydrogen) atoms. The summed E-state index contributed by atoms with van der Waals surface area (Å²) in [5.41, 5.74) is 11.7. The predicted octanol–water partition coefficient (Wildman–Crippen LogP) is 4.05. The van der Waals surface area contributed by atoms with Gasteiger partial charge in [-0.3, -0.25) is 4.90 Å². The number of piperazine rings is 1. The summed E-state index contributed by atoms with van der Waals surface area (Å²) in [6.45, 7) is 14.4. The zero-order valence-corrected chi connectivity index (χ0v) is 22.1. The van der Waals surface area contributed by atoms with Gasteiger partial charge in [-0.1, -0.05) is 31.2 Å². The first-order valence-corrected chi connectivity index (χ1v) is 13.1. The molecule has 4 rings (SSSR count). The van der Waals surface area contributed by atoms with E-state index in [9.17, 15) is 4.79 Å². The molecular weight excluding hydrogens is 452 g/mol. The van der Waals surface area contributed by atoms with Crippen molar-refractivity contribution >= 4 is 17.3 Å². The van der Waals surface area contributed by atoms with Crippen LogP contribution in [0.5, 0.6) is 0 Å². The molecule has 0 aliphatic carbocycles. The van der Waals surface area contributed by atoms with E-state index in [0.717, 1.165) is 42.9 Å². The maximum absolute atomic E-state index is 12.1. The minimum Gasteiger partial charge on any atom is -0.450 e. The summed E-state index contributed by atoms with van der Waals surface area (Å²) in [5, 5.41) is 4.55. The minimum absolute atomic E-state index is 0.226. The second-order valence-corrected chi connectivity index (χ2v) is 9.85. The lowest BCUT2D eigenvalue weighted by Gasteiger charge is -2.35. The molecule has 8 nitrogen and oxygen atoms in total. The van der Waals surface area contributed by atoms with Crippen LogP contribution in [0.2, 0.25) is 0 Å². The molecule has 0 saturated carbocycles. The molecule has 1 atom stereocenters. The zero-order chi connectivity index (χ0) is 25.7. The molecule has 0 bridgehead atoms. The molecule has 2 aromatic heterocycles. The number of hydrogen-bond acceptors (Lipinski definition) is 6. The highest BCUT2D eigenvalue weighted by atomic mass is 16.6. The Kier molecular flexibility index (Phi) is 8.48. The van der Waals surface area contributed by atoms with Crippen LogP contribution in [0.1, 0.15) is 39.2 Å². The molecule has 3 heterocycles. The number of carbonyl (C=O) groups excluding carboxylic acids is 1. The first kappa shape index (κ1) is 26.0. The van der Waals surface area contributed by atoms with Gasteiger partial charge in [0.05, 0.1) is 17.8 Å². The maximum Gasteiger partial charge on any atom is 0.409 e. The molecule has 194 valence electrons. The standard InChI is InChI=1S/C28H40N6O2/c1-5-36-28(35)32-16-14-31(15-17-32)26-10-12-30-34-20-25(18-27(26)34)24-8-6-23(7-9-24)22(4)19-33(13-11-29)21(2)3/h6-10,12,18,20-22H,5,11,13-17,19,29H2,1-4H3. The fourth-order valence-corrected chi connectivity index (χ4v) is 4.96. The lowest BCUT2D eigenvalue weighted by Crippen LogP contribution is -2.49. The van der Waals surface area contributed by atoms with Crippen LogP contribution in [0.3, 0.4) is 0 Å². The molecule has 1 aliphatic rings. The molecule has 1 fully saturated rings. The van der Waals surface area contributed by atoms with Gasteiger partial charge >= 0.3 is 6.09 Å². The van der Waals surface area contributed by atoms with Gasteiger partial charge in [0, 0.05) is 69.8 Å². The average Bonchev–Trinajstić information content (AvgIpc) is 3.33. The van der Waals surface area contributed by atoms with Crippen LogP contribution in [0.25, 0.3) is 16.6 Å². The van der Waals surface area contributed by atoms with E-state index < -0.39 is 0 Å². The fourth-order valence-electron chi connectivity index (χ4n) is 4.96. The Balaban J connectivity index is 1.48. The average molecular weight is 493 g/mol. The van der Waals surface area contributed by atoms with E-state index in [1.54, 1.807) is 4.90 Å². The van der Waals surface area contributed by atoms with Crippen molar-refractivity contribution in [3.8, 4) is 11.1 Å². The quantitative estimate of drug-likeness (QED) is 0.485. The first-order chi connectivity index (χ1) is 17.4. The number of amides is 1. The van der Waals surface area contributed by atoms with Crippen molar-refractivity contribution < 1.29 is 9.53 Å².